The fraction of sp³-hybridized carbons (Fsp3) is 0.636. The first kappa shape index (κ1) is 10.7. The predicted octanol–water partition coefficient (Wildman–Crippen LogP) is 3.55. The predicted molar refractivity (Wildman–Crippen MR) is 59.2 cm³/mol. The van der Waals surface area contributed by atoms with E-state index in [4.69, 9.17) is 0 Å². The van der Waals surface area contributed by atoms with Gasteiger partial charge in [-0.2, -0.15) is 0 Å². The molecular formula is C11H18NS-. The number of aromatic nitrogens is 1. The van der Waals surface area contributed by atoms with Crippen molar-refractivity contribution in [3.05, 3.63) is 23.0 Å². The third-order valence-corrected chi connectivity index (χ3v) is 3.60. The fourth-order valence-electron chi connectivity index (χ4n) is 0.934. The molecule has 0 amide bonds. The molecule has 0 atom stereocenters. The van der Waals surface area contributed by atoms with Crippen LogP contribution in [0.25, 0.3) is 0 Å². The molecule has 0 spiro atoms. The fourth-order valence-corrected chi connectivity index (χ4v) is 1.94. The first-order chi connectivity index (χ1) is 5.71. The maximum atomic E-state index is 4.43. The van der Waals surface area contributed by atoms with Crippen molar-refractivity contribution in [2.45, 2.75) is 45.4 Å². The maximum absolute atomic E-state index is 4.43. The summed E-state index contributed by atoms with van der Waals surface area (Å²) in [6.45, 7) is 14.9. The van der Waals surface area contributed by atoms with Gasteiger partial charge in [0.15, 0.2) is 0 Å². The van der Waals surface area contributed by atoms with E-state index in [1.54, 1.807) is 11.3 Å². The van der Waals surface area contributed by atoms with Crippen molar-refractivity contribution >= 4 is 11.3 Å². The average Bonchev–Trinajstić information content (AvgIpc) is 2.28. The number of hydrogen-bond donors (Lipinski definition) is 0. The minimum absolute atomic E-state index is 0.0127. The highest BCUT2D eigenvalue weighted by Gasteiger charge is 2.19. The molecule has 0 bridgehead atoms. The van der Waals surface area contributed by atoms with Crippen LogP contribution < -0.4 is 0 Å². The highest BCUT2D eigenvalue weighted by Crippen LogP contribution is 2.32. The van der Waals surface area contributed by atoms with E-state index >= 15 is 0 Å². The number of thiazole rings is 1. The van der Waals surface area contributed by atoms with Crippen molar-refractivity contribution in [1.82, 2.24) is 4.98 Å². The molecule has 13 heavy (non-hydrogen) atoms. The van der Waals surface area contributed by atoms with E-state index in [1.807, 2.05) is 6.20 Å². The zero-order valence-corrected chi connectivity index (χ0v) is 9.96. The van der Waals surface area contributed by atoms with Crippen molar-refractivity contribution in [3.8, 4) is 0 Å². The van der Waals surface area contributed by atoms with Crippen molar-refractivity contribution in [3.63, 3.8) is 0 Å². The number of hydrogen-bond acceptors (Lipinski definition) is 2. The van der Waals surface area contributed by atoms with E-state index in [-0.39, 0.29) is 10.8 Å². The summed E-state index contributed by atoms with van der Waals surface area (Å²) in [6, 6.07) is 0. The van der Waals surface area contributed by atoms with Gasteiger partial charge in [0.1, 0.15) is 0 Å². The first-order valence-corrected chi connectivity index (χ1v) is 5.35. The van der Waals surface area contributed by atoms with Gasteiger partial charge in [-0.3, -0.25) is 0 Å². The molecule has 0 N–H and O–H groups in total. The van der Waals surface area contributed by atoms with Gasteiger partial charge in [0, 0.05) is 16.5 Å². The molecule has 0 saturated heterocycles. The second-order valence-corrected chi connectivity index (χ2v) is 6.19. The van der Waals surface area contributed by atoms with E-state index < -0.39 is 0 Å². The molecule has 1 aromatic rings. The van der Waals surface area contributed by atoms with Gasteiger partial charge in [-0.15, -0.1) is 16.8 Å². The van der Waals surface area contributed by atoms with E-state index in [0.29, 0.717) is 0 Å². The van der Waals surface area contributed by atoms with Gasteiger partial charge in [0.2, 0.25) is 0 Å². The minimum Gasteiger partial charge on any atom is -0.333 e. The zero-order valence-electron chi connectivity index (χ0n) is 9.14. The van der Waals surface area contributed by atoms with E-state index in [1.165, 1.54) is 9.88 Å². The second-order valence-electron chi connectivity index (χ2n) is 5.16. The summed E-state index contributed by atoms with van der Waals surface area (Å²) in [4.78, 5) is 5.69. The van der Waals surface area contributed by atoms with Crippen LogP contribution in [-0.2, 0) is 10.8 Å². The van der Waals surface area contributed by atoms with E-state index in [2.05, 4.69) is 46.5 Å². The van der Waals surface area contributed by atoms with Crippen LogP contribution in [0.1, 0.15) is 44.5 Å². The molecule has 0 aromatic carbocycles. The third kappa shape index (κ3) is 2.53. The Morgan fingerprint density at radius 3 is 2.00 bits per heavy atom. The first-order valence-electron chi connectivity index (χ1n) is 4.53. The molecule has 1 heterocycles. The SMILES string of the molecule is [CH2-]C(C)(C)c1cnc(C(C)(C)C)s1. The molecule has 0 aliphatic carbocycles. The lowest BCUT2D eigenvalue weighted by Gasteiger charge is -2.24. The molecular weight excluding hydrogens is 178 g/mol. The van der Waals surface area contributed by atoms with Crippen molar-refractivity contribution < 1.29 is 0 Å². The lowest BCUT2D eigenvalue weighted by molar-refractivity contribution is 0.585. The van der Waals surface area contributed by atoms with Crippen LogP contribution in [-0.4, -0.2) is 4.98 Å². The van der Waals surface area contributed by atoms with Gasteiger partial charge in [0.05, 0.1) is 5.01 Å². The summed E-state index contributed by atoms with van der Waals surface area (Å²) in [7, 11) is 0. The quantitative estimate of drug-likeness (QED) is 0.626. The molecule has 74 valence electrons. The van der Waals surface area contributed by atoms with Gasteiger partial charge < -0.3 is 6.92 Å². The van der Waals surface area contributed by atoms with Gasteiger partial charge in [-0.25, -0.2) is 4.98 Å². The Hall–Kier alpha value is -0.370. The molecule has 0 unspecified atom stereocenters. The van der Waals surface area contributed by atoms with Crippen LogP contribution in [0.2, 0.25) is 0 Å². The molecule has 0 saturated carbocycles. The molecule has 1 rings (SSSR count). The van der Waals surface area contributed by atoms with Crippen LogP contribution in [0, 0.1) is 6.92 Å². The van der Waals surface area contributed by atoms with Crippen LogP contribution in [0.15, 0.2) is 6.20 Å². The molecule has 0 radical (unpaired) electrons. The van der Waals surface area contributed by atoms with Crippen LogP contribution in [0.5, 0.6) is 0 Å². The smallest absolute Gasteiger partial charge is 0.0980 e. The van der Waals surface area contributed by atoms with E-state index in [0.717, 1.165) is 0 Å². The summed E-state index contributed by atoms with van der Waals surface area (Å²) in [6.07, 6.45) is 1.96. The largest absolute Gasteiger partial charge is 0.333 e. The van der Waals surface area contributed by atoms with Gasteiger partial charge in [0.25, 0.3) is 0 Å². The molecule has 2 heteroatoms. The highest BCUT2D eigenvalue weighted by molar-refractivity contribution is 7.11. The standard InChI is InChI=1S/C11H18NS/c1-10(2,3)8-7-12-9(13-8)11(4,5)6/h7H,1H2,2-6H3/q-1. The summed E-state index contributed by atoms with van der Waals surface area (Å²) in [5.41, 5.74) is 0.148. The normalized spacial score (nSPS) is 13.4. The third-order valence-electron chi connectivity index (χ3n) is 1.81. The highest BCUT2D eigenvalue weighted by atomic mass is 32.1. The Balaban J connectivity index is 3.01. The monoisotopic (exact) mass is 196 g/mol. The van der Waals surface area contributed by atoms with Crippen LogP contribution in [0.4, 0.5) is 0 Å². The lowest BCUT2D eigenvalue weighted by Crippen LogP contribution is -2.10. The minimum atomic E-state index is -0.0127. The summed E-state index contributed by atoms with van der Waals surface area (Å²) in [5, 5.41) is 1.19. The van der Waals surface area contributed by atoms with Gasteiger partial charge in [-0.1, -0.05) is 34.6 Å². The lowest BCUT2D eigenvalue weighted by atomic mass is 9.95. The maximum Gasteiger partial charge on any atom is 0.0980 e. The Labute approximate surface area is 85.2 Å². The topological polar surface area (TPSA) is 12.9 Å². The Morgan fingerprint density at radius 1 is 1.23 bits per heavy atom. The molecule has 1 aromatic heterocycles. The Kier molecular flexibility index (Phi) is 2.54. The van der Waals surface area contributed by atoms with Gasteiger partial charge >= 0.3 is 0 Å². The summed E-state index contributed by atoms with van der Waals surface area (Å²) in [5.74, 6) is 0. The molecule has 0 fully saturated rings. The molecule has 1 nitrogen and oxygen atoms in total. The summed E-state index contributed by atoms with van der Waals surface area (Å²) < 4.78 is 0. The molecule has 0 aliphatic rings. The Bertz CT molecular complexity index is 257. The van der Waals surface area contributed by atoms with E-state index in [9.17, 15) is 0 Å². The number of rotatable bonds is 1. The van der Waals surface area contributed by atoms with Crippen molar-refractivity contribution in [2.75, 3.05) is 0 Å². The van der Waals surface area contributed by atoms with Crippen molar-refractivity contribution in [2.24, 2.45) is 0 Å². The van der Waals surface area contributed by atoms with Crippen LogP contribution in [0.3, 0.4) is 0 Å². The number of nitrogens with zero attached hydrogens (tertiary/aromatic N) is 1. The molecule has 0 aliphatic heterocycles. The average molecular weight is 196 g/mol. The second kappa shape index (κ2) is 3.09. The Morgan fingerprint density at radius 2 is 1.77 bits per heavy atom. The van der Waals surface area contributed by atoms with Gasteiger partial charge in [-0.05, 0) is 0 Å². The summed E-state index contributed by atoms with van der Waals surface area (Å²) >= 11 is 1.77. The zero-order chi connectivity index (χ0) is 10.3. The van der Waals surface area contributed by atoms with Crippen molar-refractivity contribution in [1.29, 1.82) is 0 Å². The van der Waals surface area contributed by atoms with Crippen LogP contribution >= 0.6 is 11.3 Å².